The predicted molar refractivity (Wildman–Crippen MR) is 133 cm³/mol. The van der Waals surface area contributed by atoms with Crippen LogP contribution in [-0.2, 0) is 0 Å². The molecule has 31 heavy (non-hydrogen) atoms. The van der Waals surface area contributed by atoms with Gasteiger partial charge >= 0.3 is 0 Å². The van der Waals surface area contributed by atoms with Gasteiger partial charge in [0.2, 0.25) is 0 Å². The van der Waals surface area contributed by atoms with Gasteiger partial charge in [-0.05, 0) is 119 Å². The lowest BCUT2D eigenvalue weighted by molar-refractivity contribution is -0.000705. The molecule has 0 saturated carbocycles. The van der Waals surface area contributed by atoms with Crippen LogP contribution in [0.15, 0.2) is 0 Å². The standard InChI is InChI=1S/C27H52N4/c1-21-16-29-17-22(14-23(29)18-30(21)24(2,3)4)15-25(5,6)31-20-27(19-26(31,7)8)10-12-28(9)13-11-27/h21-23H,10-20H2,1-9H3/t21-,22?,23?/m0/s1. The third-order valence-corrected chi connectivity index (χ3v) is 9.51. The average molecular weight is 433 g/mol. The maximum absolute atomic E-state index is 2.94. The minimum Gasteiger partial charge on any atom is -0.306 e. The van der Waals surface area contributed by atoms with Crippen molar-refractivity contribution in [3.05, 3.63) is 0 Å². The fourth-order valence-corrected chi connectivity index (χ4v) is 8.33. The SMILES string of the molecule is C[C@H]1CN2CC(CC(C)(C)N3CC4(CCN(C)CC4)CC3(C)C)CC2CN1C(C)(C)C. The lowest BCUT2D eigenvalue weighted by Crippen LogP contribution is -2.60. The van der Waals surface area contributed by atoms with E-state index in [1.54, 1.807) is 0 Å². The van der Waals surface area contributed by atoms with Crippen LogP contribution in [0.5, 0.6) is 0 Å². The van der Waals surface area contributed by atoms with E-state index in [4.69, 9.17) is 0 Å². The van der Waals surface area contributed by atoms with E-state index in [1.807, 2.05) is 0 Å². The molecule has 4 heteroatoms. The van der Waals surface area contributed by atoms with Gasteiger partial charge in [-0.25, -0.2) is 0 Å². The third kappa shape index (κ3) is 4.74. The number of piperidine rings is 1. The molecular formula is C27H52N4. The van der Waals surface area contributed by atoms with E-state index in [1.165, 1.54) is 71.4 Å². The maximum Gasteiger partial charge on any atom is 0.0227 e. The van der Waals surface area contributed by atoms with E-state index in [2.05, 4.69) is 82.0 Å². The minimum atomic E-state index is 0.283. The molecule has 180 valence electrons. The average Bonchev–Trinajstić information content (AvgIpc) is 3.12. The molecule has 3 atom stereocenters. The smallest absolute Gasteiger partial charge is 0.0227 e. The van der Waals surface area contributed by atoms with Gasteiger partial charge in [0.25, 0.3) is 0 Å². The Hall–Kier alpha value is -0.160. The van der Waals surface area contributed by atoms with Crippen molar-refractivity contribution >= 4 is 0 Å². The van der Waals surface area contributed by atoms with Crippen LogP contribution in [0.4, 0.5) is 0 Å². The molecule has 2 unspecified atom stereocenters. The van der Waals surface area contributed by atoms with Gasteiger partial charge in [-0.1, -0.05) is 0 Å². The van der Waals surface area contributed by atoms with Gasteiger partial charge in [0.15, 0.2) is 0 Å². The summed E-state index contributed by atoms with van der Waals surface area (Å²) in [5, 5.41) is 0. The van der Waals surface area contributed by atoms with Gasteiger partial charge in [0, 0.05) is 54.9 Å². The first-order valence-electron chi connectivity index (χ1n) is 13.2. The van der Waals surface area contributed by atoms with E-state index < -0.39 is 0 Å². The summed E-state index contributed by atoms with van der Waals surface area (Å²) in [6.07, 6.45) is 6.91. The Morgan fingerprint density at radius 3 is 2.19 bits per heavy atom. The molecule has 0 aromatic rings. The molecule has 4 heterocycles. The van der Waals surface area contributed by atoms with E-state index in [0.29, 0.717) is 17.0 Å². The number of piperazine rings is 1. The number of nitrogens with zero attached hydrogens (tertiary/aromatic N) is 4. The molecule has 4 rings (SSSR count). The van der Waals surface area contributed by atoms with Gasteiger partial charge in [0.05, 0.1) is 0 Å². The molecule has 0 N–H and O–H groups in total. The molecule has 4 fully saturated rings. The Bertz CT molecular complexity index is 640. The van der Waals surface area contributed by atoms with Gasteiger partial charge in [-0.3, -0.25) is 14.7 Å². The van der Waals surface area contributed by atoms with Gasteiger partial charge in [-0.2, -0.15) is 0 Å². The molecule has 1 spiro atoms. The van der Waals surface area contributed by atoms with E-state index in [0.717, 1.165) is 12.0 Å². The third-order valence-electron chi connectivity index (χ3n) is 9.51. The fraction of sp³-hybridized carbons (Fsp3) is 1.00. The lowest BCUT2D eigenvalue weighted by Gasteiger charge is -2.48. The van der Waals surface area contributed by atoms with Crippen molar-refractivity contribution in [2.75, 3.05) is 46.3 Å². The van der Waals surface area contributed by atoms with E-state index in [9.17, 15) is 0 Å². The summed E-state index contributed by atoms with van der Waals surface area (Å²) >= 11 is 0. The number of hydrogen-bond donors (Lipinski definition) is 0. The van der Waals surface area contributed by atoms with Gasteiger partial charge in [0.1, 0.15) is 0 Å². The molecule has 0 aromatic heterocycles. The van der Waals surface area contributed by atoms with Crippen molar-refractivity contribution in [2.24, 2.45) is 11.3 Å². The van der Waals surface area contributed by atoms with E-state index in [-0.39, 0.29) is 11.1 Å². The molecule has 4 aliphatic heterocycles. The highest BCUT2D eigenvalue weighted by Gasteiger charge is 2.53. The summed E-state index contributed by atoms with van der Waals surface area (Å²) in [7, 11) is 2.30. The quantitative estimate of drug-likeness (QED) is 0.649. The monoisotopic (exact) mass is 432 g/mol. The zero-order chi connectivity index (χ0) is 22.8. The van der Waals surface area contributed by atoms with Crippen molar-refractivity contribution in [3.8, 4) is 0 Å². The van der Waals surface area contributed by atoms with Crippen molar-refractivity contribution < 1.29 is 0 Å². The van der Waals surface area contributed by atoms with Gasteiger partial charge in [-0.15, -0.1) is 0 Å². The zero-order valence-electron chi connectivity index (χ0n) is 22.3. The van der Waals surface area contributed by atoms with Crippen LogP contribution in [0.2, 0.25) is 0 Å². The Balaban J connectivity index is 1.41. The summed E-state index contributed by atoms with van der Waals surface area (Å²) in [4.78, 5) is 11.1. The first kappa shape index (κ1) is 24.0. The minimum absolute atomic E-state index is 0.283. The highest BCUT2D eigenvalue weighted by molar-refractivity contribution is 5.08. The second kappa shape index (κ2) is 7.96. The molecule has 0 amide bonds. The van der Waals surface area contributed by atoms with Crippen LogP contribution >= 0.6 is 0 Å². The molecule has 4 saturated heterocycles. The summed E-state index contributed by atoms with van der Waals surface area (Å²) in [6.45, 7) is 27.5. The van der Waals surface area contributed by atoms with Crippen molar-refractivity contribution in [3.63, 3.8) is 0 Å². The Kier molecular flexibility index (Phi) is 6.16. The summed E-state index contributed by atoms with van der Waals surface area (Å²) in [5.41, 5.74) is 1.45. The summed E-state index contributed by atoms with van der Waals surface area (Å²) in [5.74, 6) is 0.844. The fourth-order valence-electron chi connectivity index (χ4n) is 8.33. The van der Waals surface area contributed by atoms with Crippen LogP contribution in [0.1, 0.15) is 87.5 Å². The number of hydrogen-bond acceptors (Lipinski definition) is 4. The first-order chi connectivity index (χ1) is 14.2. The Labute approximate surface area is 193 Å². The van der Waals surface area contributed by atoms with E-state index >= 15 is 0 Å². The lowest BCUT2D eigenvalue weighted by atomic mass is 9.74. The molecule has 0 aromatic carbocycles. The Morgan fingerprint density at radius 2 is 1.58 bits per heavy atom. The molecule has 0 bridgehead atoms. The largest absolute Gasteiger partial charge is 0.306 e. The second-order valence-corrected chi connectivity index (χ2v) is 14.3. The van der Waals surface area contributed by atoms with Crippen LogP contribution in [-0.4, -0.2) is 94.6 Å². The van der Waals surface area contributed by atoms with Crippen LogP contribution in [0, 0.1) is 11.3 Å². The molecule has 4 nitrogen and oxygen atoms in total. The number of rotatable bonds is 3. The molecule has 4 aliphatic rings. The normalized spacial score (nSPS) is 35.7. The highest BCUT2D eigenvalue weighted by Crippen LogP contribution is 2.51. The predicted octanol–water partition coefficient (Wildman–Crippen LogP) is 4.54. The maximum atomic E-state index is 2.94. The first-order valence-corrected chi connectivity index (χ1v) is 13.2. The topological polar surface area (TPSA) is 13.0 Å². The summed E-state index contributed by atoms with van der Waals surface area (Å²) < 4.78 is 0. The van der Waals surface area contributed by atoms with Crippen LogP contribution in [0.3, 0.4) is 0 Å². The second-order valence-electron chi connectivity index (χ2n) is 14.3. The van der Waals surface area contributed by atoms with Crippen LogP contribution in [0.25, 0.3) is 0 Å². The van der Waals surface area contributed by atoms with Crippen molar-refractivity contribution in [1.82, 2.24) is 19.6 Å². The Morgan fingerprint density at radius 1 is 0.935 bits per heavy atom. The van der Waals surface area contributed by atoms with Crippen LogP contribution < -0.4 is 0 Å². The zero-order valence-corrected chi connectivity index (χ0v) is 22.3. The number of likely N-dealkylation sites (tertiary alicyclic amines) is 2. The molecular weight excluding hydrogens is 380 g/mol. The van der Waals surface area contributed by atoms with Crippen molar-refractivity contribution in [2.45, 2.75) is 116 Å². The van der Waals surface area contributed by atoms with Crippen molar-refractivity contribution in [1.29, 1.82) is 0 Å². The molecule has 0 radical (unpaired) electrons. The highest BCUT2D eigenvalue weighted by atomic mass is 15.3. The van der Waals surface area contributed by atoms with Gasteiger partial charge < -0.3 is 4.90 Å². The summed E-state index contributed by atoms with van der Waals surface area (Å²) in [6, 6.07) is 1.44. The number of fused-ring (bicyclic) bond motifs is 1. The molecule has 0 aliphatic carbocycles.